The van der Waals surface area contributed by atoms with Crippen LogP contribution in [0.3, 0.4) is 0 Å². The van der Waals surface area contributed by atoms with Gasteiger partial charge in [-0.25, -0.2) is 0 Å². The quantitative estimate of drug-likeness (QED) is 0.731. The van der Waals surface area contributed by atoms with Crippen LogP contribution in [0.2, 0.25) is 0 Å². The topological polar surface area (TPSA) is 66.4 Å². The van der Waals surface area contributed by atoms with Gasteiger partial charge in [0.15, 0.2) is 0 Å². The van der Waals surface area contributed by atoms with Crippen LogP contribution in [0, 0.1) is 5.92 Å². The first-order valence-corrected chi connectivity index (χ1v) is 5.87. The van der Waals surface area contributed by atoms with Gasteiger partial charge in [-0.1, -0.05) is 0 Å². The molecule has 1 atom stereocenters. The predicted octanol–water partition coefficient (Wildman–Crippen LogP) is 0.719. The fraction of sp³-hybridized carbons (Fsp3) is 0.778. The summed E-state index contributed by atoms with van der Waals surface area (Å²) in [5, 5.41) is 11.1. The van der Waals surface area contributed by atoms with Crippen molar-refractivity contribution in [1.29, 1.82) is 0 Å². The lowest BCUT2D eigenvalue weighted by Gasteiger charge is -2.21. The van der Waals surface area contributed by atoms with Crippen molar-refractivity contribution in [3.05, 3.63) is 0 Å². The first-order valence-electron chi connectivity index (χ1n) is 4.72. The van der Waals surface area contributed by atoms with Gasteiger partial charge in [0.1, 0.15) is 6.04 Å². The lowest BCUT2D eigenvalue weighted by molar-refractivity contribution is -0.142. The monoisotopic (exact) mass is 217 g/mol. The molecule has 2 N–H and O–H groups in total. The van der Waals surface area contributed by atoms with Gasteiger partial charge in [-0.15, -0.1) is 0 Å². The molecule has 80 valence electrons. The molecular weight excluding hydrogens is 202 g/mol. The van der Waals surface area contributed by atoms with Gasteiger partial charge in [0.2, 0.25) is 5.91 Å². The van der Waals surface area contributed by atoms with Crippen molar-refractivity contribution in [1.82, 2.24) is 5.32 Å². The number of carboxylic acid groups (broad SMARTS) is 1. The Balaban J connectivity index is 2.36. The summed E-state index contributed by atoms with van der Waals surface area (Å²) in [5.74, 6) is 0.917. The van der Waals surface area contributed by atoms with Gasteiger partial charge in [0, 0.05) is 5.92 Å². The van der Waals surface area contributed by atoms with Crippen molar-refractivity contribution in [2.45, 2.75) is 25.8 Å². The zero-order valence-corrected chi connectivity index (χ0v) is 8.97. The van der Waals surface area contributed by atoms with Gasteiger partial charge >= 0.3 is 5.97 Å². The van der Waals surface area contributed by atoms with E-state index in [1.165, 1.54) is 6.92 Å². The van der Waals surface area contributed by atoms with Crippen molar-refractivity contribution in [3.63, 3.8) is 0 Å². The van der Waals surface area contributed by atoms with Crippen LogP contribution in [0.1, 0.15) is 19.8 Å². The standard InChI is InChI=1S/C9H15NO3S/c1-6(9(12)13)10-8(11)7-2-4-14-5-3-7/h6-7H,2-5H2,1H3,(H,10,11)(H,12,13)/t6-/m1/s1. The summed E-state index contributed by atoms with van der Waals surface area (Å²) >= 11 is 1.84. The van der Waals surface area contributed by atoms with Crippen molar-refractivity contribution in [2.24, 2.45) is 5.92 Å². The second-order valence-corrected chi connectivity index (χ2v) is 4.68. The smallest absolute Gasteiger partial charge is 0.325 e. The Bertz CT molecular complexity index is 226. The molecule has 0 spiro atoms. The molecule has 1 aliphatic rings. The number of hydrogen-bond acceptors (Lipinski definition) is 3. The molecule has 4 nitrogen and oxygen atoms in total. The van der Waals surface area contributed by atoms with Crippen LogP contribution < -0.4 is 5.32 Å². The normalized spacial score (nSPS) is 20.1. The molecule has 0 radical (unpaired) electrons. The first-order chi connectivity index (χ1) is 6.61. The fourth-order valence-electron chi connectivity index (χ4n) is 1.35. The van der Waals surface area contributed by atoms with Crippen LogP contribution in [0.15, 0.2) is 0 Å². The second kappa shape index (κ2) is 5.24. The van der Waals surface area contributed by atoms with Gasteiger partial charge in [-0.2, -0.15) is 11.8 Å². The van der Waals surface area contributed by atoms with E-state index in [0.717, 1.165) is 24.3 Å². The average Bonchev–Trinajstić information content (AvgIpc) is 2.19. The van der Waals surface area contributed by atoms with E-state index in [1.54, 1.807) is 0 Å². The Morgan fingerprint density at radius 3 is 2.50 bits per heavy atom. The van der Waals surface area contributed by atoms with Crippen LogP contribution in [0.4, 0.5) is 0 Å². The highest BCUT2D eigenvalue weighted by Gasteiger charge is 2.23. The molecule has 1 amide bonds. The summed E-state index contributed by atoms with van der Waals surface area (Å²) < 4.78 is 0. The van der Waals surface area contributed by atoms with E-state index in [9.17, 15) is 9.59 Å². The molecule has 0 aromatic heterocycles. The number of rotatable bonds is 3. The summed E-state index contributed by atoms with van der Waals surface area (Å²) in [6.45, 7) is 1.48. The molecule has 1 heterocycles. The number of carboxylic acids is 1. The van der Waals surface area contributed by atoms with Gasteiger partial charge in [-0.3, -0.25) is 9.59 Å². The zero-order chi connectivity index (χ0) is 10.6. The largest absolute Gasteiger partial charge is 0.480 e. The number of nitrogens with one attached hydrogen (secondary N) is 1. The SMILES string of the molecule is C[C@@H](NC(=O)C1CCSCC1)C(=O)O. The van der Waals surface area contributed by atoms with Crippen LogP contribution in [0.25, 0.3) is 0 Å². The minimum Gasteiger partial charge on any atom is -0.480 e. The van der Waals surface area contributed by atoms with E-state index in [0.29, 0.717) is 0 Å². The summed E-state index contributed by atoms with van der Waals surface area (Å²) in [4.78, 5) is 22.0. The van der Waals surface area contributed by atoms with E-state index >= 15 is 0 Å². The molecule has 0 aromatic rings. The Hall–Kier alpha value is -0.710. The molecule has 1 fully saturated rings. The van der Waals surface area contributed by atoms with Crippen molar-refractivity contribution in [2.75, 3.05) is 11.5 Å². The number of carbonyl (C=O) groups is 2. The lowest BCUT2D eigenvalue weighted by Crippen LogP contribution is -2.42. The minimum absolute atomic E-state index is 0.0121. The maximum atomic E-state index is 11.5. The number of hydrogen-bond donors (Lipinski definition) is 2. The molecule has 1 saturated heterocycles. The lowest BCUT2D eigenvalue weighted by atomic mass is 10.0. The Kier molecular flexibility index (Phi) is 4.25. The zero-order valence-electron chi connectivity index (χ0n) is 8.16. The Morgan fingerprint density at radius 2 is 2.00 bits per heavy atom. The Labute approximate surface area is 87.4 Å². The maximum Gasteiger partial charge on any atom is 0.325 e. The second-order valence-electron chi connectivity index (χ2n) is 3.46. The molecular formula is C9H15NO3S. The average molecular weight is 217 g/mol. The van der Waals surface area contributed by atoms with E-state index < -0.39 is 12.0 Å². The summed E-state index contributed by atoms with van der Waals surface area (Å²) in [5.41, 5.74) is 0. The van der Waals surface area contributed by atoms with Crippen LogP contribution in [-0.2, 0) is 9.59 Å². The minimum atomic E-state index is -0.983. The molecule has 0 unspecified atom stereocenters. The van der Waals surface area contributed by atoms with Crippen LogP contribution >= 0.6 is 11.8 Å². The highest BCUT2D eigenvalue weighted by Crippen LogP contribution is 2.22. The van der Waals surface area contributed by atoms with Gasteiger partial charge < -0.3 is 10.4 Å². The highest BCUT2D eigenvalue weighted by atomic mass is 32.2. The van der Waals surface area contributed by atoms with E-state index in [-0.39, 0.29) is 11.8 Å². The molecule has 14 heavy (non-hydrogen) atoms. The third kappa shape index (κ3) is 3.21. The highest BCUT2D eigenvalue weighted by molar-refractivity contribution is 7.99. The predicted molar refractivity (Wildman–Crippen MR) is 55.3 cm³/mol. The van der Waals surface area contributed by atoms with Gasteiger partial charge in [0.05, 0.1) is 0 Å². The van der Waals surface area contributed by atoms with Crippen molar-refractivity contribution < 1.29 is 14.7 Å². The number of carbonyl (C=O) groups excluding carboxylic acids is 1. The number of amides is 1. The first kappa shape index (κ1) is 11.4. The molecule has 5 heteroatoms. The number of thioether (sulfide) groups is 1. The molecule has 1 aliphatic heterocycles. The van der Waals surface area contributed by atoms with Crippen molar-refractivity contribution >= 4 is 23.6 Å². The van der Waals surface area contributed by atoms with Crippen molar-refractivity contribution in [3.8, 4) is 0 Å². The molecule has 0 aromatic carbocycles. The van der Waals surface area contributed by atoms with Gasteiger partial charge in [-0.05, 0) is 31.3 Å². The van der Waals surface area contributed by atoms with E-state index in [4.69, 9.17) is 5.11 Å². The van der Waals surface area contributed by atoms with E-state index in [2.05, 4.69) is 5.32 Å². The maximum absolute atomic E-state index is 11.5. The van der Waals surface area contributed by atoms with Crippen LogP contribution in [0.5, 0.6) is 0 Å². The number of aliphatic carboxylic acids is 1. The summed E-state index contributed by atoms with van der Waals surface area (Å²) in [6.07, 6.45) is 1.73. The summed E-state index contributed by atoms with van der Waals surface area (Å²) in [6, 6.07) is -0.780. The third-order valence-corrected chi connectivity index (χ3v) is 3.37. The fourth-order valence-corrected chi connectivity index (χ4v) is 2.46. The van der Waals surface area contributed by atoms with Crippen LogP contribution in [-0.4, -0.2) is 34.5 Å². The van der Waals surface area contributed by atoms with E-state index in [1.807, 2.05) is 11.8 Å². The molecule has 0 bridgehead atoms. The van der Waals surface area contributed by atoms with Gasteiger partial charge in [0.25, 0.3) is 0 Å². The molecule has 0 saturated carbocycles. The summed E-state index contributed by atoms with van der Waals surface area (Å²) in [7, 11) is 0. The molecule has 1 rings (SSSR count). The third-order valence-electron chi connectivity index (χ3n) is 2.32. The molecule has 0 aliphatic carbocycles. The Morgan fingerprint density at radius 1 is 1.43 bits per heavy atom.